The van der Waals surface area contributed by atoms with Gasteiger partial charge in [0.2, 0.25) is 0 Å². The molecule has 154 valence electrons. The number of alkyl halides is 5. The van der Waals surface area contributed by atoms with Crippen LogP contribution in [-0.2, 0) is 22.9 Å². The molecular formula is C23H27F5. The average molecular weight is 398 g/mol. The monoisotopic (exact) mass is 398 g/mol. The van der Waals surface area contributed by atoms with Gasteiger partial charge in [0.05, 0.1) is 5.56 Å². The number of hydrogen-bond donors (Lipinski definition) is 0. The van der Waals surface area contributed by atoms with Crippen molar-refractivity contribution in [1.29, 1.82) is 0 Å². The van der Waals surface area contributed by atoms with Gasteiger partial charge in [-0.1, -0.05) is 71.0 Å². The first-order valence-corrected chi connectivity index (χ1v) is 9.29. The average Bonchev–Trinajstić information content (AvgIpc) is 2.59. The Morgan fingerprint density at radius 1 is 0.607 bits per heavy atom. The highest BCUT2D eigenvalue weighted by molar-refractivity contribution is 5.33. The van der Waals surface area contributed by atoms with Crippen LogP contribution < -0.4 is 0 Å². The fourth-order valence-electron chi connectivity index (χ4n) is 3.09. The highest BCUT2D eigenvalue weighted by atomic mass is 19.4. The predicted octanol–water partition coefficient (Wildman–Crippen LogP) is 7.85. The maximum atomic E-state index is 14.9. The van der Waals surface area contributed by atoms with Gasteiger partial charge >= 0.3 is 6.18 Å². The first-order valence-electron chi connectivity index (χ1n) is 9.29. The van der Waals surface area contributed by atoms with E-state index in [1.165, 1.54) is 18.2 Å². The summed E-state index contributed by atoms with van der Waals surface area (Å²) in [6.07, 6.45) is -4.84. The van der Waals surface area contributed by atoms with Gasteiger partial charge in [-0.05, 0) is 40.5 Å². The summed E-state index contributed by atoms with van der Waals surface area (Å²) in [5, 5.41) is 0. The van der Waals surface area contributed by atoms with E-state index in [0.29, 0.717) is 5.56 Å². The minimum absolute atomic E-state index is 0.0558. The third-order valence-electron chi connectivity index (χ3n) is 5.19. The zero-order chi connectivity index (χ0) is 21.4. The van der Waals surface area contributed by atoms with Crippen molar-refractivity contribution >= 4 is 0 Å². The van der Waals surface area contributed by atoms with Crippen LogP contribution >= 0.6 is 0 Å². The van der Waals surface area contributed by atoms with Crippen LogP contribution in [-0.4, -0.2) is 0 Å². The Balaban J connectivity index is 2.22. The first kappa shape index (κ1) is 22.4. The van der Waals surface area contributed by atoms with Crippen molar-refractivity contribution < 1.29 is 22.0 Å². The van der Waals surface area contributed by atoms with Gasteiger partial charge in [0.25, 0.3) is 5.92 Å². The van der Waals surface area contributed by atoms with Crippen molar-refractivity contribution in [2.45, 2.75) is 70.4 Å². The Bertz CT molecular complexity index is 741. The molecular weight excluding hydrogens is 371 g/mol. The van der Waals surface area contributed by atoms with E-state index in [1.54, 1.807) is 26.0 Å². The van der Waals surface area contributed by atoms with E-state index >= 15 is 0 Å². The van der Waals surface area contributed by atoms with E-state index < -0.39 is 29.5 Å². The molecule has 0 radical (unpaired) electrons. The molecule has 0 unspecified atom stereocenters. The van der Waals surface area contributed by atoms with Crippen LogP contribution in [0.25, 0.3) is 0 Å². The van der Waals surface area contributed by atoms with E-state index in [0.717, 1.165) is 17.7 Å². The molecule has 0 saturated carbocycles. The van der Waals surface area contributed by atoms with Crippen molar-refractivity contribution in [3.05, 3.63) is 70.8 Å². The summed E-state index contributed by atoms with van der Waals surface area (Å²) in [5.74, 6) is -3.06. The maximum absolute atomic E-state index is 14.9. The molecule has 0 bridgehead atoms. The van der Waals surface area contributed by atoms with Gasteiger partial charge in [-0.15, -0.1) is 0 Å². The van der Waals surface area contributed by atoms with Crippen LogP contribution in [0.2, 0.25) is 0 Å². The van der Waals surface area contributed by atoms with Crippen LogP contribution in [0.4, 0.5) is 22.0 Å². The molecule has 0 aliphatic rings. The highest BCUT2D eigenvalue weighted by Crippen LogP contribution is 2.40. The van der Waals surface area contributed by atoms with Crippen LogP contribution in [0, 0.1) is 0 Å². The third-order valence-corrected chi connectivity index (χ3v) is 5.19. The Hall–Kier alpha value is -1.91. The SMILES string of the molecule is CC(C)(C)c1cccc(C(F)(F)CCC(C)(C)c2cccc(C(F)(F)F)c2)c1. The molecule has 2 aromatic rings. The van der Waals surface area contributed by atoms with Crippen LogP contribution in [0.1, 0.15) is 69.7 Å². The molecule has 0 aliphatic heterocycles. The molecule has 0 atom stereocenters. The maximum Gasteiger partial charge on any atom is 0.416 e. The standard InChI is InChI=1S/C23H27F5/c1-20(2,3)16-8-6-10-18(14-16)22(24,25)13-12-21(4,5)17-9-7-11-19(15-17)23(26,27)28/h6-11,14-15H,12-13H2,1-5H3. The Morgan fingerprint density at radius 3 is 1.61 bits per heavy atom. The van der Waals surface area contributed by atoms with Gasteiger partial charge in [-0.2, -0.15) is 13.2 Å². The molecule has 2 aromatic carbocycles. The van der Waals surface area contributed by atoms with Gasteiger partial charge in [-0.3, -0.25) is 0 Å². The fourth-order valence-corrected chi connectivity index (χ4v) is 3.09. The van der Waals surface area contributed by atoms with Crippen molar-refractivity contribution in [1.82, 2.24) is 0 Å². The first-order chi connectivity index (χ1) is 12.6. The zero-order valence-corrected chi connectivity index (χ0v) is 16.9. The van der Waals surface area contributed by atoms with Gasteiger partial charge in [-0.25, -0.2) is 8.78 Å². The third kappa shape index (κ3) is 5.33. The molecule has 0 spiro atoms. The Morgan fingerprint density at radius 2 is 1.07 bits per heavy atom. The Labute approximate surface area is 163 Å². The lowest BCUT2D eigenvalue weighted by atomic mass is 9.78. The van der Waals surface area contributed by atoms with Crippen LogP contribution in [0.3, 0.4) is 0 Å². The minimum Gasteiger partial charge on any atom is -0.201 e. The summed E-state index contributed by atoms with van der Waals surface area (Å²) in [4.78, 5) is 0. The smallest absolute Gasteiger partial charge is 0.201 e. The molecule has 0 aromatic heterocycles. The largest absolute Gasteiger partial charge is 0.416 e. The van der Waals surface area contributed by atoms with Crippen molar-refractivity contribution in [2.24, 2.45) is 0 Å². The summed E-state index contributed by atoms with van der Waals surface area (Å²) < 4.78 is 68.6. The van der Waals surface area contributed by atoms with E-state index in [-0.39, 0.29) is 17.4 Å². The normalized spacial score (nSPS) is 13.6. The summed E-state index contributed by atoms with van der Waals surface area (Å²) in [5.41, 5.74) is -0.652. The number of rotatable bonds is 5. The summed E-state index contributed by atoms with van der Waals surface area (Å²) in [6.45, 7) is 9.28. The topological polar surface area (TPSA) is 0 Å². The number of hydrogen-bond acceptors (Lipinski definition) is 0. The molecule has 0 amide bonds. The highest BCUT2D eigenvalue weighted by Gasteiger charge is 2.36. The van der Waals surface area contributed by atoms with Gasteiger partial charge in [0, 0.05) is 12.0 Å². The van der Waals surface area contributed by atoms with Gasteiger partial charge < -0.3 is 0 Å². The van der Waals surface area contributed by atoms with E-state index in [4.69, 9.17) is 0 Å². The van der Waals surface area contributed by atoms with Crippen LogP contribution in [0.15, 0.2) is 48.5 Å². The lowest BCUT2D eigenvalue weighted by Gasteiger charge is -2.29. The van der Waals surface area contributed by atoms with E-state index in [2.05, 4.69) is 0 Å². The molecule has 0 saturated heterocycles. The van der Waals surface area contributed by atoms with E-state index in [1.807, 2.05) is 26.8 Å². The quantitative estimate of drug-likeness (QED) is 0.450. The zero-order valence-electron chi connectivity index (χ0n) is 16.9. The molecule has 0 nitrogen and oxygen atoms in total. The summed E-state index contributed by atoms with van der Waals surface area (Å²) in [7, 11) is 0. The van der Waals surface area contributed by atoms with Crippen molar-refractivity contribution in [3.63, 3.8) is 0 Å². The summed E-state index contributed by atoms with van der Waals surface area (Å²) in [6, 6.07) is 11.3. The molecule has 28 heavy (non-hydrogen) atoms. The second-order valence-corrected chi connectivity index (χ2v) is 9.00. The number of halogens is 5. The second kappa shape index (κ2) is 7.49. The fraction of sp³-hybridized carbons (Fsp3) is 0.478. The lowest BCUT2D eigenvalue weighted by molar-refractivity contribution is -0.137. The predicted molar refractivity (Wildman–Crippen MR) is 103 cm³/mol. The van der Waals surface area contributed by atoms with Gasteiger partial charge in [0.1, 0.15) is 0 Å². The lowest BCUT2D eigenvalue weighted by Crippen LogP contribution is -2.23. The Kier molecular flexibility index (Phi) is 5.99. The summed E-state index contributed by atoms with van der Waals surface area (Å²) >= 11 is 0. The second-order valence-electron chi connectivity index (χ2n) is 9.00. The minimum atomic E-state index is -4.45. The van der Waals surface area contributed by atoms with Crippen molar-refractivity contribution in [2.75, 3.05) is 0 Å². The van der Waals surface area contributed by atoms with Gasteiger partial charge in [0.15, 0.2) is 0 Å². The molecule has 0 N–H and O–H groups in total. The molecule has 2 rings (SSSR count). The van der Waals surface area contributed by atoms with Crippen LogP contribution in [0.5, 0.6) is 0 Å². The molecule has 0 fully saturated rings. The molecule has 5 heteroatoms. The van der Waals surface area contributed by atoms with E-state index in [9.17, 15) is 22.0 Å². The van der Waals surface area contributed by atoms with Crippen molar-refractivity contribution in [3.8, 4) is 0 Å². The number of benzene rings is 2. The molecule has 0 aliphatic carbocycles. The molecule has 0 heterocycles.